The van der Waals surface area contributed by atoms with E-state index < -0.39 is 0 Å². The lowest BCUT2D eigenvalue weighted by atomic mass is 9.83. The van der Waals surface area contributed by atoms with Crippen molar-refractivity contribution in [2.75, 3.05) is 0 Å². The molecule has 3 rings (SSSR count). The van der Waals surface area contributed by atoms with Crippen molar-refractivity contribution < 1.29 is 4.74 Å². The number of hydrogen-bond acceptors (Lipinski definition) is 2. The Bertz CT molecular complexity index is 468. The van der Waals surface area contributed by atoms with E-state index in [1.807, 2.05) is 0 Å². The number of fused-ring (bicyclic) bond motifs is 1. The summed E-state index contributed by atoms with van der Waals surface area (Å²) in [6.07, 6.45) is 6.51. The SMILES string of the molecule is CC1CCCCC1NC1CC(C)(C)Oc2ccccc21. The largest absolute Gasteiger partial charge is 0.487 e. The van der Waals surface area contributed by atoms with Gasteiger partial charge in [0.05, 0.1) is 0 Å². The first kappa shape index (κ1) is 13.9. The third-order valence-corrected chi connectivity index (χ3v) is 4.90. The van der Waals surface area contributed by atoms with Crippen molar-refractivity contribution in [3.05, 3.63) is 29.8 Å². The maximum absolute atomic E-state index is 6.13. The summed E-state index contributed by atoms with van der Waals surface area (Å²) in [6.45, 7) is 6.79. The number of nitrogens with one attached hydrogen (secondary N) is 1. The van der Waals surface area contributed by atoms with E-state index in [0.29, 0.717) is 12.1 Å². The van der Waals surface area contributed by atoms with Crippen molar-refractivity contribution in [1.29, 1.82) is 0 Å². The third-order valence-electron chi connectivity index (χ3n) is 4.90. The van der Waals surface area contributed by atoms with Crippen LogP contribution in [0.2, 0.25) is 0 Å². The zero-order chi connectivity index (χ0) is 14.2. The molecule has 0 aromatic heterocycles. The minimum absolute atomic E-state index is 0.0794. The normalized spacial score (nSPS) is 32.2. The molecule has 3 atom stereocenters. The Labute approximate surface area is 122 Å². The predicted octanol–water partition coefficient (Wildman–Crippen LogP) is 4.46. The van der Waals surface area contributed by atoms with Crippen molar-refractivity contribution in [3.63, 3.8) is 0 Å². The molecule has 0 radical (unpaired) electrons. The highest BCUT2D eigenvalue weighted by molar-refractivity contribution is 5.38. The van der Waals surface area contributed by atoms with Crippen molar-refractivity contribution in [3.8, 4) is 5.75 Å². The molecule has 3 unspecified atom stereocenters. The molecule has 20 heavy (non-hydrogen) atoms. The number of para-hydroxylation sites is 1. The number of ether oxygens (including phenoxy) is 1. The van der Waals surface area contributed by atoms with Gasteiger partial charge in [0.1, 0.15) is 11.4 Å². The van der Waals surface area contributed by atoms with Gasteiger partial charge in [0, 0.05) is 24.1 Å². The van der Waals surface area contributed by atoms with Gasteiger partial charge in [0.25, 0.3) is 0 Å². The molecule has 2 aliphatic rings. The lowest BCUT2D eigenvalue weighted by molar-refractivity contribution is 0.0600. The van der Waals surface area contributed by atoms with E-state index in [1.54, 1.807) is 0 Å². The highest BCUT2D eigenvalue weighted by Gasteiger charge is 2.35. The van der Waals surface area contributed by atoms with Crippen LogP contribution in [0.25, 0.3) is 0 Å². The molecule has 1 aliphatic carbocycles. The Morgan fingerprint density at radius 3 is 2.70 bits per heavy atom. The van der Waals surface area contributed by atoms with Gasteiger partial charge in [-0.25, -0.2) is 0 Å². The Hall–Kier alpha value is -1.02. The first-order valence-electron chi connectivity index (χ1n) is 8.09. The van der Waals surface area contributed by atoms with E-state index in [9.17, 15) is 0 Å². The maximum atomic E-state index is 6.13. The van der Waals surface area contributed by atoms with Crippen LogP contribution in [0.1, 0.15) is 64.5 Å². The Morgan fingerprint density at radius 2 is 1.90 bits per heavy atom. The number of benzene rings is 1. The fourth-order valence-corrected chi connectivity index (χ4v) is 3.77. The summed E-state index contributed by atoms with van der Waals surface area (Å²) in [4.78, 5) is 0. The molecule has 2 nitrogen and oxygen atoms in total. The third kappa shape index (κ3) is 2.85. The summed E-state index contributed by atoms with van der Waals surface area (Å²) in [5.74, 6) is 1.85. The second-order valence-electron chi connectivity index (χ2n) is 7.19. The minimum Gasteiger partial charge on any atom is -0.487 e. The molecule has 2 heteroatoms. The quantitative estimate of drug-likeness (QED) is 0.859. The van der Waals surface area contributed by atoms with Crippen LogP contribution in [0, 0.1) is 5.92 Å². The van der Waals surface area contributed by atoms with Crippen molar-refractivity contribution >= 4 is 0 Å². The Kier molecular flexibility index (Phi) is 3.76. The smallest absolute Gasteiger partial charge is 0.124 e. The molecule has 1 aliphatic heterocycles. The lowest BCUT2D eigenvalue weighted by Gasteiger charge is -2.41. The lowest BCUT2D eigenvalue weighted by Crippen LogP contribution is -2.45. The summed E-state index contributed by atoms with van der Waals surface area (Å²) in [7, 11) is 0. The summed E-state index contributed by atoms with van der Waals surface area (Å²) in [6, 6.07) is 9.61. The summed E-state index contributed by atoms with van der Waals surface area (Å²) < 4.78 is 6.13. The van der Waals surface area contributed by atoms with Crippen molar-refractivity contribution in [2.45, 2.75) is 70.6 Å². The van der Waals surface area contributed by atoms with E-state index in [0.717, 1.165) is 18.1 Å². The molecule has 1 fully saturated rings. The highest BCUT2D eigenvalue weighted by Crippen LogP contribution is 2.40. The fraction of sp³-hybridized carbons (Fsp3) is 0.667. The standard InChI is InChI=1S/C18H27NO/c1-13-8-4-6-10-15(13)19-16-12-18(2,3)20-17-11-7-5-9-14(16)17/h5,7,9,11,13,15-16,19H,4,6,8,10,12H2,1-3H3. The summed E-state index contributed by atoms with van der Waals surface area (Å²) in [5.41, 5.74) is 1.26. The van der Waals surface area contributed by atoms with Crippen LogP contribution >= 0.6 is 0 Å². The van der Waals surface area contributed by atoms with Crippen LogP contribution in [-0.4, -0.2) is 11.6 Å². The van der Waals surface area contributed by atoms with Crippen molar-refractivity contribution in [1.82, 2.24) is 5.32 Å². The van der Waals surface area contributed by atoms with Crippen LogP contribution in [0.4, 0.5) is 0 Å². The van der Waals surface area contributed by atoms with Gasteiger partial charge in [-0.1, -0.05) is 38.0 Å². The average Bonchev–Trinajstić information content (AvgIpc) is 2.40. The molecule has 1 heterocycles. The van der Waals surface area contributed by atoms with Crippen LogP contribution < -0.4 is 10.1 Å². The van der Waals surface area contributed by atoms with E-state index in [4.69, 9.17) is 4.74 Å². The second-order valence-corrected chi connectivity index (χ2v) is 7.19. The average molecular weight is 273 g/mol. The maximum Gasteiger partial charge on any atom is 0.124 e. The van der Waals surface area contributed by atoms with Gasteiger partial charge in [0.15, 0.2) is 0 Å². The first-order chi connectivity index (χ1) is 9.55. The number of hydrogen-bond donors (Lipinski definition) is 1. The van der Waals surface area contributed by atoms with Gasteiger partial charge in [-0.2, -0.15) is 0 Å². The monoisotopic (exact) mass is 273 g/mol. The van der Waals surface area contributed by atoms with Gasteiger partial charge in [-0.05, 0) is 38.7 Å². The first-order valence-corrected chi connectivity index (χ1v) is 8.09. The van der Waals surface area contributed by atoms with E-state index in [-0.39, 0.29) is 5.60 Å². The molecule has 0 bridgehead atoms. The Balaban J connectivity index is 1.81. The molecule has 110 valence electrons. The van der Waals surface area contributed by atoms with E-state index in [1.165, 1.54) is 31.2 Å². The molecule has 0 amide bonds. The summed E-state index contributed by atoms with van der Waals surface area (Å²) in [5, 5.41) is 3.94. The van der Waals surface area contributed by atoms with Gasteiger partial charge in [-0.15, -0.1) is 0 Å². The minimum atomic E-state index is -0.0794. The van der Waals surface area contributed by atoms with Gasteiger partial charge in [0.2, 0.25) is 0 Å². The summed E-state index contributed by atoms with van der Waals surface area (Å²) >= 11 is 0. The van der Waals surface area contributed by atoms with Crippen LogP contribution in [0.15, 0.2) is 24.3 Å². The number of rotatable bonds is 2. The van der Waals surface area contributed by atoms with Crippen LogP contribution in [-0.2, 0) is 0 Å². The van der Waals surface area contributed by atoms with Crippen LogP contribution in [0.3, 0.4) is 0 Å². The van der Waals surface area contributed by atoms with Crippen LogP contribution in [0.5, 0.6) is 5.75 Å². The topological polar surface area (TPSA) is 21.3 Å². The zero-order valence-corrected chi connectivity index (χ0v) is 13.0. The molecule has 1 saturated carbocycles. The predicted molar refractivity (Wildman–Crippen MR) is 83.1 cm³/mol. The van der Waals surface area contributed by atoms with Gasteiger partial charge < -0.3 is 10.1 Å². The zero-order valence-electron chi connectivity index (χ0n) is 13.0. The molecule has 0 saturated heterocycles. The highest BCUT2D eigenvalue weighted by atomic mass is 16.5. The van der Waals surface area contributed by atoms with Gasteiger partial charge in [-0.3, -0.25) is 0 Å². The van der Waals surface area contributed by atoms with E-state index >= 15 is 0 Å². The second kappa shape index (κ2) is 5.40. The Morgan fingerprint density at radius 1 is 1.15 bits per heavy atom. The molecule has 0 spiro atoms. The molecule has 1 aromatic rings. The molecule has 1 aromatic carbocycles. The van der Waals surface area contributed by atoms with E-state index in [2.05, 4.69) is 50.4 Å². The fourth-order valence-electron chi connectivity index (χ4n) is 3.77. The molecular weight excluding hydrogens is 246 g/mol. The van der Waals surface area contributed by atoms with Gasteiger partial charge >= 0.3 is 0 Å². The molecular formula is C18H27NO. The van der Waals surface area contributed by atoms with Crippen molar-refractivity contribution in [2.24, 2.45) is 5.92 Å². The molecule has 1 N–H and O–H groups in total.